The Labute approximate surface area is 120 Å². The summed E-state index contributed by atoms with van der Waals surface area (Å²) in [5.74, 6) is -0.154. The van der Waals surface area contributed by atoms with Crippen molar-refractivity contribution in [3.63, 3.8) is 0 Å². The smallest absolute Gasteiger partial charge is 0.221 e. The third kappa shape index (κ3) is 4.20. The van der Waals surface area contributed by atoms with Gasteiger partial charge in [-0.05, 0) is 25.7 Å². The Morgan fingerprint density at radius 2 is 1.60 bits per heavy atom. The van der Waals surface area contributed by atoms with Gasteiger partial charge in [0.2, 0.25) is 11.8 Å². The monoisotopic (exact) mass is 282 g/mol. The summed E-state index contributed by atoms with van der Waals surface area (Å²) in [6, 6.07) is 0.309. The first kappa shape index (κ1) is 15.3. The summed E-state index contributed by atoms with van der Waals surface area (Å²) >= 11 is 0. The highest BCUT2D eigenvalue weighted by Crippen LogP contribution is 2.29. The van der Waals surface area contributed by atoms with Crippen molar-refractivity contribution in [2.24, 2.45) is 0 Å². The molecule has 0 spiro atoms. The van der Waals surface area contributed by atoms with E-state index in [1.807, 2.05) is 0 Å². The van der Waals surface area contributed by atoms with Crippen LogP contribution in [0.4, 0.5) is 0 Å². The Bertz CT molecular complexity index is 345. The van der Waals surface area contributed by atoms with E-state index in [9.17, 15) is 14.7 Å². The highest BCUT2D eigenvalue weighted by Gasteiger charge is 2.34. The van der Waals surface area contributed by atoms with Gasteiger partial charge in [0.05, 0.1) is 12.1 Å². The summed E-state index contributed by atoms with van der Waals surface area (Å²) < 4.78 is 0. The maximum Gasteiger partial charge on any atom is 0.221 e. The van der Waals surface area contributed by atoms with Gasteiger partial charge in [0.1, 0.15) is 0 Å². The molecule has 0 atom stereocenters. The van der Waals surface area contributed by atoms with Crippen LogP contribution >= 0.6 is 0 Å². The number of carbonyl (C=O) groups excluding carboxylic acids is 2. The van der Waals surface area contributed by atoms with Gasteiger partial charge in [-0.15, -0.1) is 0 Å². The first-order valence-corrected chi connectivity index (χ1v) is 7.85. The largest absolute Gasteiger partial charge is 0.394 e. The van der Waals surface area contributed by atoms with Crippen LogP contribution in [0.5, 0.6) is 0 Å². The molecule has 0 saturated heterocycles. The molecule has 0 unspecified atom stereocenters. The Morgan fingerprint density at radius 3 is 2.20 bits per heavy atom. The summed E-state index contributed by atoms with van der Waals surface area (Å²) in [7, 11) is 0. The molecule has 2 aliphatic carbocycles. The van der Waals surface area contributed by atoms with Crippen molar-refractivity contribution < 1.29 is 14.7 Å². The van der Waals surface area contributed by atoms with Crippen LogP contribution in [0.1, 0.15) is 64.2 Å². The van der Waals surface area contributed by atoms with Gasteiger partial charge in [0.25, 0.3) is 0 Å². The van der Waals surface area contributed by atoms with Crippen LogP contribution < -0.4 is 10.6 Å². The fourth-order valence-corrected chi connectivity index (χ4v) is 3.33. The molecule has 5 heteroatoms. The predicted molar refractivity (Wildman–Crippen MR) is 76.1 cm³/mol. The molecule has 2 amide bonds. The van der Waals surface area contributed by atoms with E-state index in [4.69, 9.17) is 0 Å². The maximum absolute atomic E-state index is 11.9. The SMILES string of the molecule is O=C(CCC(=O)NC1(CO)CCCC1)NC1CCCC1. The molecule has 2 saturated carbocycles. The number of aliphatic hydroxyl groups is 1. The lowest BCUT2D eigenvalue weighted by atomic mass is 9.98. The Morgan fingerprint density at radius 1 is 1.00 bits per heavy atom. The summed E-state index contributed by atoms with van der Waals surface area (Å²) in [4.78, 5) is 23.7. The van der Waals surface area contributed by atoms with Crippen LogP contribution in [0.25, 0.3) is 0 Å². The second-order valence-corrected chi connectivity index (χ2v) is 6.24. The number of hydrogen-bond donors (Lipinski definition) is 3. The molecule has 3 N–H and O–H groups in total. The normalized spacial score (nSPS) is 21.9. The van der Waals surface area contributed by atoms with Gasteiger partial charge in [0, 0.05) is 18.9 Å². The minimum absolute atomic E-state index is 0.00693. The fraction of sp³-hybridized carbons (Fsp3) is 0.867. The van der Waals surface area contributed by atoms with Crippen molar-refractivity contribution in [3.05, 3.63) is 0 Å². The number of rotatable bonds is 6. The van der Waals surface area contributed by atoms with E-state index in [-0.39, 0.29) is 31.3 Å². The average Bonchev–Trinajstić information content (AvgIpc) is 3.09. The molecule has 2 aliphatic rings. The third-order valence-electron chi connectivity index (χ3n) is 4.57. The Hall–Kier alpha value is -1.10. The number of aliphatic hydroxyl groups excluding tert-OH is 1. The average molecular weight is 282 g/mol. The lowest BCUT2D eigenvalue weighted by molar-refractivity contribution is -0.128. The van der Waals surface area contributed by atoms with Crippen LogP contribution in [-0.4, -0.2) is 35.1 Å². The highest BCUT2D eigenvalue weighted by atomic mass is 16.3. The van der Waals surface area contributed by atoms with E-state index < -0.39 is 5.54 Å². The summed E-state index contributed by atoms with van der Waals surface area (Å²) in [5, 5.41) is 15.3. The van der Waals surface area contributed by atoms with Crippen molar-refractivity contribution >= 4 is 11.8 Å². The summed E-state index contributed by atoms with van der Waals surface area (Å²) in [6.45, 7) is -0.00693. The van der Waals surface area contributed by atoms with Crippen molar-refractivity contribution in [2.75, 3.05) is 6.61 Å². The van der Waals surface area contributed by atoms with Crippen molar-refractivity contribution in [2.45, 2.75) is 75.8 Å². The molecule has 114 valence electrons. The predicted octanol–water partition coefficient (Wildman–Crippen LogP) is 1.25. The molecule has 2 fully saturated rings. The summed E-state index contributed by atoms with van der Waals surface area (Å²) in [6.07, 6.45) is 8.70. The zero-order chi connectivity index (χ0) is 14.4. The lowest BCUT2D eigenvalue weighted by Gasteiger charge is -2.28. The van der Waals surface area contributed by atoms with Crippen molar-refractivity contribution in [1.29, 1.82) is 0 Å². The molecule has 0 aliphatic heterocycles. The molecule has 0 aromatic heterocycles. The fourth-order valence-electron chi connectivity index (χ4n) is 3.33. The highest BCUT2D eigenvalue weighted by molar-refractivity contribution is 5.84. The van der Waals surface area contributed by atoms with Crippen molar-refractivity contribution in [3.8, 4) is 0 Å². The van der Waals surface area contributed by atoms with E-state index in [0.717, 1.165) is 38.5 Å². The van der Waals surface area contributed by atoms with E-state index in [1.165, 1.54) is 12.8 Å². The van der Waals surface area contributed by atoms with Gasteiger partial charge in [-0.1, -0.05) is 25.7 Å². The lowest BCUT2D eigenvalue weighted by Crippen LogP contribution is -2.49. The molecular formula is C15H26N2O3. The molecular weight excluding hydrogens is 256 g/mol. The number of nitrogens with one attached hydrogen (secondary N) is 2. The first-order chi connectivity index (χ1) is 9.63. The van der Waals surface area contributed by atoms with E-state index in [2.05, 4.69) is 10.6 Å². The van der Waals surface area contributed by atoms with Gasteiger partial charge >= 0.3 is 0 Å². The zero-order valence-corrected chi connectivity index (χ0v) is 12.1. The number of amides is 2. The number of carbonyl (C=O) groups is 2. The zero-order valence-electron chi connectivity index (χ0n) is 12.1. The first-order valence-electron chi connectivity index (χ1n) is 7.85. The maximum atomic E-state index is 11.9. The Kier molecular flexibility index (Phi) is 5.40. The number of hydrogen-bond acceptors (Lipinski definition) is 3. The van der Waals surface area contributed by atoms with Crippen LogP contribution in [0.2, 0.25) is 0 Å². The quantitative estimate of drug-likeness (QED) is 0.686. The van der Waals surface area contributed by atoms with E-state index >= 15 is 0 Å². The molecule has 5 nitrogen and oxygen atoms in total. The molecule has 0 heterocycles. The third-order valence-corrected chi connectivity index (χ3v) is 4.57. The standard InChI is InChI=1S/C15H26N2O3/c18-11-15(9-3-4-10-15)17-14(20)8-7-13(19)16-12-5-1-2-6-12/h12,18H,1-11H2,(H,16,19)(H,17,20). The van der Waals surface area contributed by atoms with Crippen LogP contribution in [0.15, 0.2) is 0 Å². The van der Waals surface area contributed by atoms with Crippen LogP contribution in [-0.2, 0) is 9.59 Å². The van der Waals surface area contributed by atoms with Gasteiger partial charge in [-0.3, -0.25) is 9.59 Å². The van der Waals surface area contributed by atoms with Crippen LogP contribution in [0, 0.1) is 0 Å². The minimum Gasteiger partial charge on any atom is -0.394 e. The molecule has 0 bridgehead atoms. The van der Waals surface area contributed by atoms with Crippen molar-refractivity contribution in [1.82, 2.24) is 10.6 Å². The molecule has 20 heavy (non-hydrogen) atoms. The van der Waals surface area contributed by atoms with Gasteiger partial charge in [0.15, 0.2) is 0 Å². The van der Waals surface area contributed by atoms with E-state index in [1.54, 1.807) is 0 Å². The van der Waals surface area contributed by atoms with Gasteiger partial charge in [-0.25, -0.2) is 0 Å². The minimum atomic E-state index is -0.432. The topological polar surface area (TPSA) is 78.4 Å². The summed E-state index contributed by atoms with van der Waals surface area (Å²) in [5.41, 5.74) is -0.432. The second kappa shape index (κ2) is 7.07. The Balaban J connectivity index is 1.67. The second-order valence-electron chi connectivity index (χ2n) is 6.24. The molecule has 0 aromatic carbocycles. The van der Waals surface area contributed by atoms with Gasteiger partial charge in [-0.2, -0.15) is 0 Å². The molecule has 0 aromatic rings. The van der Waals surface area contributed by atoms with E-state index in [0.29, 0.717) is 6.04 Å². The molecule has 2 rings (SSSR count). The molecule has 0 radical (unpaired) electrons. The van der Waals surface area contributed by atoms with Crippen LogP contribution in [0.3, 0.4) is 0 Å². The van der Waals surface area contributed by atoms with Gasteiger partial charge < -0.3 is 15.7 Å².